The van der Waals surface area contributed by atoms with Gasteiger partial charge in [-0.25, -0.2) is 14.5 Å². The molecule has 0 atom stereocenters. The van der Waals surface area contributed by atoms with E-state index in [-0.39, 0.29) is 11.5 Å². The number of hydrogen-bond acceptors (Lipinski definition) is 4. The molecule has 2 aromatic rings. The number of hydrogen-bond donors (Lipinski definition) is 1. The van der Waals surface area contributed by atoms with Gasteiger partial charge in [0.25, 0.3) is 0 Å². The first-order valence-electron chi connectivity index (χ1n) is 6.31. The van der Waals surface area contributed by atoms with Gasteiger partial charge in [-0.2, -0.15) is 16.9 Å². The van der Waals surface area contributed by atoms with E-state index in [0.717, 1.165) is 23.1 Å². The van der Waals surface area contributed by atoms with Crippen LogP contribution in [0.2, 0.25) is 0 Å². The van der Waals surface area contributed by atoms with Crippen LogP contribution in [0.3, 0.4) is 0 Å². The lowest BCUT2D eigenvalue weighted by Gasteiger charge is -2.05. The Bertz CT molecular complexity index is 623. The maximum Gasteiger partial charge on any atom is 0.335 e. The first-order chi connectivity index (χ1) is 9.52. The molecule has 106 valence electrons. The average Bonchev–Trinajstić information content (AvgIpc) is 2.83. The number of rotatable bonds is 5. The van der Waals surface area contributed by atoms with Crippen LogP contribution in [0.15, 0.2) is 24.3 Å². The fourth-order valence-corrected chi connectivity index (χ4v) is 2.25. The zero-order chi connectivity index (χ0) is 14.7. The molecule has 0 aliphatic heterocycles. The second-order valence-electron chi connectivity index (χ2n) is 4.74. The van der Waals surface area contributed by atoms with Gasteiger partial charge in [0.05, 0.1) is 17.0 Å². The van der Waals surface area contributed by atoms with E-state index in [9.17, 15) is 4.79 Å². The molecule has 0 saturated carbocycles. The molecular formula is C14H17N3O2S. The Labute approximate surface area is 122 Å². The topological polar surface area (TPSA) is 68.0 Å². The van der Waals surface area contributed by atoms with Crippen molar-refractivity contribution in [3.63, 3.8) is 0 Å². The van der Waals surface area contributed by atoms with E-state index in [0.29, 0.717) is 0 Å². The number of carbonyl (C=O) groups is 1. The minimum Gasteiger partial charge on any atom is -0.478 e. The Hall–Kier alpha value is -1.82. The molecule has 5 nitrogen and oxygen atoms in total. The normalized spacial score (nSPS) is 11.0. The molecule has 1 heterocycles. The molecule has 0 amide bonds. The number of carboxylic acid groups (broad SMARTS) is 1. The third-order valence-corrected chi connectivity index (χ3v) is 3.36. The number of aromatic nitrogens is 3. The number of nitrogens with zero attached hydrogens (tertiary/aromatic N) is 3. The minimum absolute atomic E-state index is 0.236. The van der Waals surface area contributed by atoms with E-state index in [1.54, 1.807) is 34.6 Å². The molecule has 0 saturated heterocycles. The Morgan fingerprint density at radius 3 is 2.80 bits per heavy atom. The predicted molar refractivity (Wildman–Crippen MR) is 79.6 cm³/mol. The van der Waals surface area contributed by atoms with Crippen molar-refractivity contribution in [1.82, 2.24) is 14.8 Å². The summed E-state index contributed by atoms with van der Waals surface area (Å²) in [6.07, 6.45) is 2.00. The van der Waals surface area contributed by atoms with E-state index in [4.69, 9.17) is 5.11 Å². The summed E-state index contributed by atoms with van der Waals surface area (Å²) in [6.45, 7) is 4.08. The average molecular weight is 291 g/mol. The molecule has 0 aliphatic carbocycles. The van der Waals surface area contributed by atoms with Gasteiger partial charge in [0.1, 0.15) is 5.82 Å². The summed E-state index contributed by atoms with van der Waals surface area (Å²) < 4.78 is 1.73. The standard InChI is InChI=1S/C14H17N3O2S/c1-9(2)13-15-12(8-20-3)17(16-13)11-6-4-5-10(7-11)14(18)19/h4-7,9H,8H2,1-3H3,(H,18,19). The van der Waals surface area contributed by atoms with Gasteiger partial charge in [-0.1, -0.05) is 19.9 Å². The summed E-state index contributed by atoms with van der Waals surface area (Å²) in [5, 5.41) is 13.6. The lowest BCUT2D eigenvalue weighted by Crippen LogP contribution is -2.04. The van der Waals surface area contributed by atoms with Gasteiger partial charge in [-0.05, 0) is 24.5 Å². The lowest BCUT2D eigenvalue weighted by atomic mass is 10.2. The molecule has 6 heteroatoms. The van der Waals surface area contributed by atoms with Crippen molar-refractivity contribution in [2.24, 2.45) is 0 Å². The summed E-state index contributed by atoms with van der Waals surface area (Å²) in [5.74, 6) is 1.64. The van der Waals surface area contributed by atoms with Crippen molar-refractivity contribution in [3.8, 4) is 5.69 Å². The highest BCUT2D eigenvalue weighted by molar-refractivity contribution is 7.97. The molecule has 20 heavy (non-hydrogen) atoms. The summed E-state index contributed by atoms with van der Waals surface area (Å²) in [5.41, 5.74) is 0.979. The highest BCUT2D eigenvalue weighted by Gasteiger charge is 2.14. The Kier molecular flexibility index (Phi) is 4.44. The Balaban J connectivity index is 2.50. The van der Waals surface area contributed by atoms with Crippen LogP contribution in [-0.4, -0.2) is 32.1 Å². The Morgan fingerprint density at radius 1 is 1.45 bits per heavy atom. The van der Waals surface area contributed by atoms with Crippen LogP contribution in [0, 0.1) is 0 Å². The van der Waals surface area contributed by atoms with Crippen molar-refractivity contribution in [3.05, 3.63) is 41.5 Å². The van der Waals surface area contributed by atoms with Gasteiger partial charge in [0.2, 0.25) is 0 Å². The number of carboxylic acids is 1. The molecule has 1 aromatic carbocycles. The summed E-state index contributed by atoms with van der Waals surface area (Å²) in [7, 11) is 0. The largest absolute Gasteiger partial charge is 0.478 e. The van der Waals surface area contributed by atoms with Crippen LogP contribution < -0.4 is 0 Å². The fourth-order valence-electron chi connectivity index (χ4n) is 1.81. The third-order valence-electron chi connectivity index (χ3n) is 2.82. The summed E-state index contributed by atoms with van der Waals surface area (Å²) in [6, 6.07) is 6.75. The smallest absolute Gasteiger partial charge is 0.335 e. The number of aromatic carboxylic acids is 1. The summed E-state index contributed by atoms with van der Waals surface area (Å²) in [4.78, 5) is 15.6. The second-order valence-corrected chi connectivity index (χ2v) is 5.61. The predicted octanol–water partition coefficient (Wildman–Crippen LogP) is 2.95. The van der Waals surface area contributed by atoms with Crippen LogP contribution in [0.5, 0.6) is 0 Å². The van der Waals surface area contributed by atoms with Gasteiger partial charge in [-0.15, -0.1) is 0 Å². The van der Waals surface area contributed by atoms with Crippen molar-refractivity contribution in [1.29, 1.82) is 0 Å². The fraction of sp³-hybridized carbons (Fsp3) is 0.357. The van der Waals surface area contributed by atoms with Crippen LogP contribution in [0.25, 0.3) is 5.69 Å². The highest BCUT2D eigenvalue weighted by Crippen LogP contribution is 2.18. The van der Waals surface area contributed by atoms with Gasteiger partial charge in [0, 0.05) is 5.92 Å². The van der Waals surface area contributed by atoms with Crippen molar-refractivity contribution < 1.29 is 9.90 Å². The number of benzene rings is 1. The molecule has 0 spiro atoms. The molecular weight excluding hydrogens is 274 g/mol. The zero-order valence-corrected chi connectivity index (χ0v) is 12.5. The van der Waals surface area contributed by atoms with Crippen LogP contribution in [0.4, 0.5) is 0 Å². The molecule has 0 bridgehead atoms. The summed E-state index contributed by atoms with van der Waals surface area (Å²) >= 11 is 1.66. The molecule has 0 radical (unpaired) electrons. The second kappa shape index (κ2) is 6.09. The van der Waals surface area contributed by atoms with Crippen molar-refractivity contribution >= 4 is 17.7 Å². The van der Waals surface area contributed by atoms with E-state index < -0.39 is 5.97 Å². The maximum absolute atomic E-state index is 11.1. The Morgan fingerprint density at radius 2 is 2.20 bits per heavy atom. The van der Waals surface area contributed by atoms with Gasteiger partial charge < -0.3 is 5.11 Å². The van der Waals surface area contributed by atoms with Crippen molar-refractivity contribution in [2.45, 2.75) is 25.5 Å². The van der Waals surface area contributed by atoms with Crippen LogP contribution >= 0.6 is 11.8 Å². The minimum atomic E-state index is -0.942. The van der Waals surface area contributed by atoms with Crippen LogP contribution in [-0.2, 0) is 5.75 Å². The van der Waals surface area contributed by atoms with Gasteiger partial charge in [0.15, 0.2) is 5.82 Å². The molecule has 0 aliphatic rings. The third kappa shape index (κ3) is 3.01. The lowest BCUT2D eigenvalue weighted by molar-refractivity contribution is 0.0697. The van der Waals surface area contributed by atoms with Gasteiger partial charge in [-0.3, -0.25) is 0 Å². The van der Waals surface area contributed by atoms with E-state index in [1.807, 2.05) is 26.2 Å². The van der Waals surface area contributed by atoms with E-state index in [2.05, 4.69) is 10.1 Å². The molecule has 1 aromatic heterocycles. The first-order valence-corrected chi connectivity index (χ1v) is 7.70. The maximum atomic E-state index is 11.1. The molecule has 0 unspecified atom stereocenters. The highest BCUT2D eigenvalue weighted by atomic mass is 32.2. The molecule has 0 fully saturated rings. The van der Waals surface area contributed by atoms with Gasteiger partial charge >= 0.3 is 5.97 Å². The van der Waals surface area contributed by atoms with Crippen LogP contribution in [0.1, 0.15) is 41.8 Å². The van der Waals surface area contributed by atoms with Crippen molar-refractivity contribution in [2.75, 3.05) is 6.26 Å². The molecule has 2 rings (SSSR count). The molecule has 1 N–H and O–H groups in total. The SMILES string of the molecule is CSCc1nc(C(C)C)nn1-c1cccc(C(=O)O)c1. The van der Waals surface area contributed by atoms with E-state index in [1.165, 1.54) is 0 Å². The van der Waals surface area contributed by atoms with E-state index >= 15 is 0 Å². The monoisotopic (exact) mass is 291 g/mol. The zero-order valence-electron chi connectivity index (χ0n) is 11.7. The first kappa shape index (κ1) is 14.6. The quantitative estimate of drug-likeness (QED) is 0.917. The number of thioether (sulfide) groups is 1.